The number of H-pyrrole nitrogens is 1. The minimum absolute atomic E-state index is 0.299. The molecule has 0 unspecified atom stereocenters. The third-order valence-corrected chi connectivity index (χ3v) is 5.27. The lowest BCUT2D eigenvalue weighted by atomic mass is 9.88. The summed E-state index contributed by atoms with van der Waals surface area (Å²) in [5, 5.41) is 11.8. The van der Waals surface area contributed by atoms with Crippen LogP contribution in [0.1, 0.15) is 35.8 Å². The van der Waals surface area contributed by atoms with Gasteiger partial charge in [0.1, 0.15) is 11.6 Å². The van der Waals surface area contributed by atoms with Crippen LogP contribution in [-0.2, 0) is 6.42 Å². The monoisotopic (exact) mass is 355 g/mol. The van der Waals surface area contributed by atoms with E-state index in [1.54, 1.807) is 0 Å². The van der Waals surface area contributed by atoms with E-state index in [1.165, 1.54) is 17.5 Å². The van der Waals surface area contributed by atoms with E-state index in [0.29, 0.717) is 6.04 Å². The molecule has 0 aliphatic heterocycles. The number of anilines is 1. The molecule has 2 aromatic heterocycles. The molecule has 1 atom stereocenters. The molecule has 2 N–H and O–H groups in total. The van der Waals surface area contributed by atoms with E-state index >= 15 is 0 Å². The van der Waals surface area contributed by atoms with Crippen LogP contribution in [0, 0.1) is 6.92 Å². The number of fused-ring (bicyclic) bond motifs is 2. The Labute approximate surface area is 157 Å². The van der Waals surface area contributed by atoms with Crippen molar-refractivity contribution >= 4 is 16.7 Å². The first-order valence-corrected chi connectivity index (χ1v) is 9.40. The Morgan fingerprint density at radius 3 is 2.96 bits per heavy atom. The highest BCUT2D eigenvalue weighted by molar-refractivity contribution is 5.83. The van der Waals surface area contributed by atoms with Crippen LogP contribution in [-0.4, -0.2) is 20.2 Å². The van der Waals surface area contributed by atoms with Gasteiger partial charge >= 0.3 is 0 Å². The number of aryl methyl sites for hydroxylation is 2. The second-order valence-corrected chi connectivity index (χ2v) is 7.15. The number of hydrogen-bond acceptors (Lipinski definition) is 4. The Bertz CT molecular complexity index is 1110. The quantitative estimate of drug-likeness (QED) is 0.553. The van der Waals surface area contributed by atoms with Crippen LogP contribution in [0.2, 0.25) is 0 Å². The first kappa shape index (κ1) is 16.0. The van der Waals surface area contributed by atoms with Crippen molar-refractivity contribution in [3.05, 3.63) is 71.7 Å². The van der Waals surface area contributed by atoms with Gasteiger partial charge in [0.05, 0.1) is 23.4 Å². The summed E-state index contributed by atoms with van der Waals surface area (Å²) in [7, 11) is 0. The molecule has 5 rings (SSSR count). The SMILES string of the molecule is Cc1nc(N[C@@H]2CCCc3ccccc32)cc(-c2ccc3[nH]ncc3c2)n1. The number of benzene rings is 2. The molecule has 27 heavy (non-hydrogen) atoms. The Hall–Kier alpha value is -3.21. The summed E-state index contributed by atoms with van der Waals surface area (Å²) in [5.74, 6) is 1.65. The number of aromatic amines is 1. The molecule has 1 aliphatic carbocycles. The molecule has 0 saturated carbocycles. The Kier molecular flexibility index (Phi) is 3.85. The predicted octanol–water partition coefficient (Wildman–Crippen LogP) is 4.82. The average molecular weight is 355 g/mol. The van der Waals surface area contributed by atoms with Crippen molar-refractivity contribution in [3.63, 3.8) is 0 Å². The van der Waals surface area contributed by atoms with E-state index < -0.39 is 0 Å². The van der Waals surface area contributed by atoms with Gasteiger partial charge in [-0.15, -0.1) is 0 Å². The maximum Gasteiger partial charge on any atom is 0.130 e. The number of rotatable bonds is 3. The van der Waals surface area contributed by atoms with Crippen molar-refractivity contribution in [2.75, 3.05) is 5.32 Å². The molecule has 0 radical (unpaired) electrons. The first-order chi connectivity index (χ1) is 13.3. The summed E-state index contributed by atoms with van der Waals surface area (Å²) in [6.45, 7) is 1.94. The fourth-order valence-electron chi connectivity index (χ4n) is 3.97. The van der Waals surface area contributed by atoms with Crippen molar-refractivity contribution in [3.8, 4) is 11.3 Å². The fraction of sp³-hybridized carbons (Fsp3) is 0.227. The molecule has 1 aliphatic rings. The molecule has 2 heterocycles. The molecule has 5 nitrogen and oxygen atoms in total. The van der Waals surface area contributed by atoms with Crippen LogP contribution in [0.3, 0.4) is 0 Å². The third kappa shape index (κ3) is 3.05. The largest absolute Gasteiger partial charge is 0.363 e. The summed E-state index contributed by atoms with van der Waals surface area (Å²) in [6, 6.07) is 17.3. The van der Waals surface area contributed by atoms with Crippen LogP contribution in [0.15, 0.2) is 54.7 Å². The van der Waals surface area contributed by atoms with Gasteiger partial charge in [-0.3, -0.25) is 5.10 Å². The molecule has 2 aromatic carbocycles. The first-order valence-electron chi connectivity index (χ1n) is 9.40. The minimum atomic E-state index is 0.299. The van der Waals surface area contributed by atoms with Gasteiger partial charge < -0.3 is 5.32 Å². The van der Waals surface area contributed by atoms with Gasteiger partial charge in [0, 0.05) is 17.0 Å². The average Bonchev–Trinajstić information content (AvgIpc) is 3.16. The maximum atomic E-state index is 4.65. The molecule has 0 bridgehead atoms. The Morgan fingerprint density at radius 2 is 2.00 bits per heavy atom. The summed E-state index contributed by atoms with van der Waals surface area (Å²) in [6.07, 6.45) is 5.32. The second-order valence-electron chi connectivity index (χ2n) is 7.15. The minimum Gasteiger partial charge on any atom is -0.363 e. The van der Waals surface area contributed by atoms with Crippen LogP contribution >= 0.6 is 0 Å². The molecule has 134 valence electrons. The smallest absolute Gasteiger partial charge is 0.130 e. The maximum absolute atomic E-state index is 4.65. The highest BCUT2D eigenvalue weighted by Gasteiger charge is 2.20. The van der Waals surface area contributed by atoms with E-state index in [9.17, 15) is 0 Å². The van der Waals surface area contributed by atoms with Crippen LogP contribution in [0.25, 0.3) is 22.2 Å². The van der Waals surface area contributed by atoms with Gasteiger partial charge in [0.25, 0.3) is 0 Å². The molecule has 4 aromatic rings. The molecular weight excluding hydrogens is 334 g/mol. The van der Waals surface area contributed by atoms with E-state index in [-0.39, 0.29) is 0 Å². The molecule has 5 heteroatoms. The molecular formula is C22H21N5. The number of aromatic nitrogens is 4. The zero-order chi connectivity index (χ0) is 18.2. The Morgan fingerprint density at radius 1 is 1.07 bits per heavy atom. The lowest BCUT2D eigenvalue weighted by Crippen LogP contribution is -2.18. The van der Waals surface area contributed by atoms with Gasteiger partial charge in [-0.25, -0.2) is 9.97 Å². The number of hydrogen-bond donors (Lipinski definition) is 2. The highest BCUT2D eigenvalue weighted by atomic mass is 15.1. The summed E-state index contributed by atoms with van der Waals surface area (Å²) in [4.78, 5) is 9.29. The summed E-state index contributed by atoms with van der Waals surface area (Å²) < 4.78 is 0. The lowest BCUT2D eigenvalue weighted by Gasteiger charge is -2.27. The molecule has 0 amide bonds. The zero-order valence-corrected chi connectivity index (χ0v) is 15.2. The van der Waals surface area contributed by atoms with E-state index in [1.807, 2.05) is 25.3 Å². The highest BCUT2D eigenvalue weighted by Crippen LogP contribution is 2.33. The molecule has 0 fully saturated rings. The zero-order valence-electron chi connectivity index (χ0n) is 15.2. The predicted molar refractivity (Wildman–Crippen MR) is 108 cm³/mol. The van der Waals surface area contributed by atoms with Crippen molar-refractivity contribution in [2.24, 2.45) is 0 Å². The normalized spacial score (nSPS) is 16.3. The van der Waals surface area contributed by atoms with Gasteiger partial charge in [-0.1, -0.05) is 30.3 Å². The van der Waals surface area contributed by atoms with Crippen molar-refractivity contribution in [2.45, 2.75) is 32.2 Å². The van der Waals surface area contributed by atoms with Gasteiger partial charge in [-0.05, 0) is 49.4 Å². The van der Waals surface area contributed by atoms with E-state index in [2.05, 4.69) is 61.9 Å². The Balaban J connectivity index is 1.49. The topological polar surface area (TPSA) is 66.5 Å². The van der Waals surface area contributed by atoms with Crippen LogP contribution < -0.4 is 5.32 Å². The fourth-order valence-corrected chi connectivity index (χ4v) is 3.97. The third-order valence-electron chi connectivity index (χ3n) is 5.27. The van der Waals surface area contributed by atoms with Gasteiger partial charge in [0.2, 0.25) is 0 Å². The molecule has 0 spiro atoms. The lowest BCUT2D eigenvalue weighted by molar-refractivity contribution is 0.598. The van der Waals surface area contributed by atoms with Crippen molar-refractivity contribution < 1.29 is 0 Å². The van der Waals surface area contributed by atoms with Crippen molar-refractivity contribution in [1.29, 1.82) is 0 Å². The number of nitrogens with zero attached hydrogens (tertiary/aromatic N) is 3. The van der Waals surface area contributed by atoms with Crippen molar-refractivity contribution in [1.82, 2.24) is 20.2 Å². The van der Waals surface area contributed by atoms with Crippen LogP contribution in [0.4, 0.5) is 5.82 Å². The van der Waals surface area contributed by atoms with Gasteiger partial charge in [0.15, 0.2) is 0 Å². The van der Waals surface area contributed by atoms with Gasteiger partial charge in [-0.2, -0.15) is 5.10 Å². The van der Waals surface area contributed by atoms with Crippen LogP contribution in [0.5, 0.6) is 0 Å². The second kappa shape index (κ2) is 6.50. The van der Waals surface area contributed by atoms with E-state index in [4.69, 9.17) is 0 Å². The standard InChI is InChI=1S/C22H21N5/c1-14-24-21(16-9-10-19-17(11-16)13-23-27-19)12-22(25-14)26-20-8-4-6-15-5-2-3-7-18(15)20/h2-3,5,7,9-13,20H,4,6,8H2,1H3,(H,23,27)(H,24,25,26)/t20-/m1/s1. The summed E-state index contributed by atoms with van der Waals surface area (Å²) in [5.41, 5.74) is 5.86. The summed E-state index contributed by atoms with van der Waals surface area (Å²) >= 11 is 0. The van der Waals surface area contributed by atoms with E-state index in [0.717, 1.165) is 46.6 Å². The number of nitrogens with one attached hydrogen (secondary N) is 2. The molecule has 0 saturated heterocycles.